The smallest absolute Gasteiger partial charge is 0.241 e. The number of nitrogens with one attached hydrogen (secondary N) is 1. The minimum atomic E-state index is -1.06. The molecule has 4 amide bonds. The first-order valence-electron chi connectivity index (χ1n) is 12.7. The summed E-state index contributed by atoms with van der Waals surface area (Å²) in [5.41, 5.74) is 1.27. The lowest BCUT2D eigenvalue weighted by atomic mass is 9.51. The summed E-state index contributed by atoms with van der Waals surface area (Å²) in [5.74, 6) is -2.88. The average molecular weight is 501 g/mol. The summed E-state index contributed by atoms with van der Waals surface area (Å²) in [5, 5.41) is 11.6. The van der Waals surface area contributed by atoms with Gasteiger partial charge in [0.2, 0.25) is 23.6 Å². The van der Waals surface area contributed by atoms with Gasteiger partial charge in [-0.2, -0.15) is 0 Å². The quantitative estimate of drug-likeness (QED) is 0.482. The summed E-state index contributed by atoms with van der Waals surface area (Å²) >= 11 is 0. The first kappa shape index (κ1) is 23.6. The predicted molar refractivity (Wildman–Crippen MR) is 133 cm³/mol. The van der Waals surface area contributed by atoms with Crippen molar-refractivity contribution in [1.29, 1.82) is 0 Å². The van der Waals surface area contributed by atoms with Crippen LogP contribution in [0.25, 0.3) is 0 Å². The van der Waals surface area contributed by atoms with Gasteiger partial charge in [0.15, 0.2) is 0 Å². The summed E-state index contributed by atoms with van der Waals surface area (Å²) in [7, 11) is 0. The normalized spacial score (nSPS) is 32.4. The Morgan fingerprint density at radius 2 is 1.73 bits per heavy atom. The van der Waals surface area contributed by atoms with Crippen LogP contribution in [0.5, 0.6) is 5.75 Å². The molecule has 2 aromatic carbocycles. The number of aliphatic hydroxyl groups excluding tert-OH is 1. The van der Waals surface area contributed by atoms with Gasteiger partial charge >= 0.3 is 0 Å². The highest BCUT2D eigenvalue weighted by Crippen LogP contribution is 2.63. The highest BCUT2D eigenvalue weighted by molar-refractivity contribution is 6.24. The molecule has 0 spiro atoms. The first-order chi connectivity index (χ1) is 17.9. The Kier molecular flexibility index (Phi) is 5.53. The maximum absolute atomic E-state index is 14.2. The van der Waals surface area contributed by atoms with Gasteiger partial charge in [0.1, 0.15) is 12.4 Å². The second-order valence-electron chi connectivity index (χ2n) is 10.5. The fourth-order valence-corrected chi connectivity index (χ4v) is 7.05. The lowest BCUT2D eigenvalue weighted by Crippen LogP contribution is -2.48. The van der Waals surface area contributed by atoms with Crippen molar-refractivity contribution >= 4 is 29.3 Å². The topological polar surface area (TPSA) is 113 Å². The third kappa shape index (κ3) is 3.39. The zero-order chi connectivity index (χ0) is 25.9. The third-order valence-electron chi connectivity index (χ3n) is 8.71. The molecular weight excluding hydrogens is 472 g/mol. The van der Waals surface area contributed by atoms with Crippen LogP contribution in [0.15, 0.2) is 66.2 Å². The molecule has 2 N–H and O–H groups in total. The van der Waals surface area contributed by atoms with Crippen LogP contribution in [-0.4, -0.2) is 41.9 Å². The number of anilines is 1. The maximum Gasteiger partial charge on any atom is 0.241 e. The van der Waals surface area contributed by atoms with E-state index in [4.69, 9.17) is 9.84 Å². The molecule has 0 bridgehead atoms. The number of amides is 4. The molecule has 8 heteroatoms. The molecule has 6 rings (SSSR count). The first-order valence-corrected chi connectivity index (χ1v) is 12.7. The van der Waals surface area contributed by atoms with Gasteiger partial charge in [-0.15, -0.1) is 0 Å². The Morgan fingerprint density at radius 1 is 1.00 bits per heavy atom. The Hall–Kier alpha value is -3.78. The molecule has 2 saturated heterocycles. The maximum atomic E-state index is 14.2. The second-order valence-corrected chi connectivity index (χ2v) is 10.5. The molecule has 190 valence electrons. The number of ether oxygens (including phenoxy) is 1. The van der Waals surface area contributed by atoms with Crippen LogP contribution >= 0.6 is 0 Å². The zero-order valence-electron chi connectivity index (χ0n) is 20.4. The van der Waals surface area contributed by atoms with E-state index < -0.39 is 29.1 Å². The van der Waals surface area contributed by atoms with E-state index in [2.05, 4.69) is 5.32 Å². The Bertz CT molecular complexity index is 1320. The summed E-state index contributed by atoms with van der Waals surface area (Å²) in [4.78, 5) is 54.8. The predicted octanol–water partition coefficient (Wildman–Crippen LogP) is 2.58. The fourth-order valence-electron chi connectivity index (χ4n) is 7.05. The van der Waals surface area contributed by atoms with Crippen molar-refractivity contribution in [3.8, 4) is 5.75 Å². The standard InChI is InChI=1S/C29H28N2O6/c1-29-22(27(35)31(28(29)36)17-5-3-2-4-6-17)15-21-19(11-12-20-23(21)26(34)30-25(20)33)24(29)16-7-9-18(10-8-16)37-14-13-32/h2-11,20-24,32H,12-15H2,1H3,(H,30,33,34). The number of allylic oxidation sites excluding steroid dienone is 2. The van der Waals surface area contributed by atoms with Gasteiger partial charge < -0.3 is 9.84 Å². The summed E-state index contributed by atoms with van der Waals surface area (Å²) in [6, 6.07) is 16.3. The van der Waals surface area contributed by atoms with Crippen molar-refractivity contribution < 1.29 is 29.0 Å². The second kappa shape index (κ2) is 8.66. The van der Waals surface area contributed by atoms with Gasteiger partial charge in [-0.05, 0) is 55.5 Å². The molecule has 3 fully saturated rings. The number of fused-ring (bicyclic) bond motifs is 4. The number of hydrogen-bond donors (Lipinski definition) is 2. The Balaban J connectivity index is 1.48. The van der Waals surface area contributed by atoms with Crippen LogP contribution in [0, 0.1) is 29.1 Å². The summed E-state index contributed by atoms with van der Waals surface area (Å²) < 4.78 is 5.53. The number of benzene rings is 2. The molecule has 1 saturated carbocycles. The minimum absolute atomic E-state index is 0.103. The van der Waals surface area contributed by atoms with Crippen LogP contribution in [-0.2, 0) is 19.2 Å². The SMILES string of the molecule is CC12C(=O)N(c3ccccc3)C(=O)C1CC1C(=CCC3C(=O)NC(=O)C31)C2c1ccc(OCCO)cc1. The van der Waals surface area contributed by atoms with E-state index in [1.807, 2.05) is 31.2 Å². The molecule has 37 heavy (non-hydrogen) atoms. The van der Waals surface area contributed by atoms with E-state index >= 15 is 0 Å². The lowest BCUT2D eigenvalue weighted by molar-refractivity contribution is -0.131. The van der Waals surface area contributed by atoms with E-state index in [1.165, 1.54) is 4.90 Å². The molecule has 2 aliphatic carbocycles. The van der Waals surface area contributed by atoms with E-state index in [0.29, 0.717) is 24.3 Å². The van der Waals surface area contributed by atoms with Crippen molar-refractivity contribution in [2.24, 2.45) is 29.1 Å². The molecule has 6 unspecified atom stereocenters. The van der Waals surface area contributed by atoms with Crippen LogP contribution in [0.3, 0.4) is 0 Å². The summed E-state index contributed by atoms with van der Waals surface area (Å²) in [6.07, 6.45) is 2.79. The number of para-hydroxylation sites is 1. The van der Waals surface area contributed by atoms with E-state index in [9.17, 15) is 19.2 Å². The third-order valence-corrected chi connectivity index (χ3v) is 8.71. The van der Waals surface area contributed by atoms with Crippen molar-refractivity contribution in [2.45, 2.75) is 25.7 Å². The number of rotatable bonds is 5. The highest BCUT2D eigenvalue weighted by Gasteiger charge is 2.67. The summed E-state index contributed by atoms with van der Waals surface area (Å²) in [6.45, 7) is 1.93. The minimum Gasteiger partial charge on any atom is -0.491 e. The molecule has 2 aliphatic heterocycles. The van der Waals surface area contributed by atoms with Gasteiger partial charge in [0.25, 0.3) is 0 Å². The number of carbonyl (C=O) groups is 4. The molecule has 0 aromatic heterocycles. The highest BCUT2D eigenvalue weighted by atomic mass is 16.5. The molecular formula is C29H28N2O6. The van der Waals surface area contributed by atoms with Crippen molar-refractivity contribution in [3.63, 3.8) is 0 Å². The van der Waals surface area contributed by atoms with Gasteiger partial charge in [0.05, 0.1) is 35.5 Å². The van der Waals surface area contributed by atoms with Crippen LogP contribution in [0.4, 0.5) is 5.69 Å². The Labute approximate surface area is 214 Å². The number of nitrogens with zero attached hydrogens (tertiary/aromatic N) is 1. The molecule has 0 radical (unpaired) electrons. The van der Waals surface area contributed by atoms with E-state index in [-0.39, 0.29) is 42.8 Å². The van der Waals surface area contributed by atoms with Gasteiger partial charge in [0, 0.05) is 5.92 Å². The van der Waals surface area contributed by atoms with Crippen molar-refractivity contribution in [3.05, 3.63) is 71.8 Å². The Morgan fingerprint density at radius 3 is 2.43 bits per heavy atom. The number of carbonyl (C=O) groups excluding carboxylic acids is 4. The molecule has 6 atom stereocenters. The lowest BCUT2D eigenvalue weighted by Gasteiger charge is -2.49. The van der Waals surface area contributed by atoms with Crippen LogP contribution < -0.4 is 15.0 Å². The van der Waals surface area contributed by atoms with E-state index in [0.717, 1.165) is 11.1 Å². The molecule has 4 aliphatic rings. The van der Waals surface area contributed by atoms with Gasteiger partial charge in [-0.1, -0.05) is 42.0 Å². The molecule has 8 nitrogen and oxygen atoms in total. The van der Waals surface area contributed by atoms with E-state index in [1.54, 1.807) is 36.4 Å². The zero-order valence-corrected chi connectivity index (χ0v) is 20.4. The van der Waals surface area contributed by atoms with Gasteiger partial charge in [-0.25, -0.2) is 4.90 Å². The van der Waals surface area contributed by atoms with Gasteiger partial charge in [-0.3, -0.25) is 24.5 Å². The number of imide groups is 2. The van der Waals surface area contributed by atoms with Crippen LogP contribution in [0.2, 0.25) is 0 Å². The largest absolute Gasteiger partial charge is 0.491 e. The number of aliphatic hydroxyl groups is 1. The molecule has 2 heterocycles. The van der Waals surface area contributed by atoms with Crippen LogP contribution in [0.1, 0.15) is 31.2 Å². The van der Waals surface area contributed by atoms with Crippen molar-refractivity contribution in [2.75, 3.05) is 18.1 Å². The monoisotopic (exact) mass is 500 g/mol. The number of hydrogen-bond acceptors (Lipinski definition) is 6. The molecule has 2 aromatic rings. The average Bonchev–Trinajstić information content (AvgIpc) is 3.31. The fraction of sp³-hybridized carbons (Fsp3) is 0.379. The van der Waals surface area contributed by atoms with Crippen molar-refractivity contribution in [1.82, 2.24) is 5.32 Å².